The number of hydrogen-bond donors (Lipinski definition) is 0. The molecule has 0 aromatic heterocycles. The minimum atomic E-state index is -0.314. The standard InChI is InChI=1S/C22H28O3/c1-5-6-7-8-13-25-21-15-16(2)20(14-17(21)3)18-9-11-19(12-10-18)22(23)24-4/h9-12,14-15H,5-8,13H2,1-4H3. The maximum atomic E-state index is 11.6. The normalized spacial score (nSPS) is 10.6. The molecule has 0 spiro atoms. The zero-order valence-electron chi connectivity index (χ0n) is 15.7. The zero-order valence-corrected chi connectivity index (χ0v) is 15.7. The smallest absolute Gasteiger partial charge is 0.337 e. The SMILES string of the molecule is CCCCCCOc1cc(C)c(-c2ccc(C(=O)OC)cc2)cc1C. The summed E-state index contributed by atoms with van der Waals surface area (Å²) < 4.78 is 10.7. The van der Waals surface area contributed by atoms with Crippen LogP contribution in [0.4, 0.5) is 0 Å². The first-order chi connectivity index (χ1) is 12.1. The lowest BCUT2D eigenvalue weighted by molar-refractivity contribution is 0.0601. The van der Waals surface area contributed by atoms with Gasteiger partial charge in [0, 0.05) is 0 Å². The molecule has 0 fully saturated rings. The average Bonchev–Trinajstić information content (AvgIpc) is 2.63. The summed E-state index contributed by atoms with van der Waals surface area (Å²) in [6, 6.07) is 11.8. The zero-order chi connectivity index (χ0) is 18.2. The second kappa shape index (κ2) is 9.26. The number of benzene rings is 2. The van der Waals surface area contributed by atoms with Gasteiger partial charge in [-0.15, -0.1) is 0 Å². The van der Waals surface area contributed by atoms with Crippen LogP contribution in [0, 0.1) is 13.8 Å². The van der Waals surface area contributed by atoms with Crippen molar-refractivity contribution in [2.24, 2.45) is 0 Å². The monoisotopic (exact) mass is 340 g/mol. The van der Waals surface area contributed by atoms with Crippen LogP contribution in [0.15, 0.2) is 36.4 Å². The molecular weight excluding hydrogens is 312 g/mol. The Hall–Kier alpha value is -2.29. The van der Waals surface area contributed by atoms with Gasteiger partial charge >= 0.3 is 5.97 Å². The van der Waals surface area contributed by atoms with Gasteiger partial charge in [-0.3, -0.25) is 0 Å². The number of carbonyl (C=O) groups is 1. The molecule has 134 valence electrons. The van der Waals surface area contributed by atoms with Crippen LogP contribution in [-0.4, -0.2) is 19.7 Å². The number of rotatable bonds is 8. The fraction of sp³-hybridized carbons (Fsp3) is 0.409. The molecule has 0 aliphatic rings. The minimum Gasteiger partial charge on any atom is -0.493 e. The fourth-order valence-electron chi connectivity index (χ4n) is 2.87. The van der Waals surface area contributed by atoms with Gasteiger partial charge in [-0.1, -0.05) is 38.3 Å². The van der Waals surface area contributed by atoms with E-state index in [1.807, 2.05) is 12.1 Å². The van der Waals surface area contributed by atoms with Crippen LogP contribution in [0.1, 0.15) is 54.1 Å². The molecule has 0 radical (unpaired) electrons. The molecule has 0 saturated heterocycles. The van der Waals surface area contributed by atoms with Gasteiger partial charge in [0.25, 0.3) is 0 Å². The number of aryl methyl sites for hydroxylation is 2. The molecule has 2 aromatic carbocycles. The van der Waals surface area contributed by atoms with Crippen molar-refractivity contribution in [3.8, 4) is 16.9 Å². The molecule has 3 nitrogen and oxygen atoms in total. The molecule has 0 saturated carbocycles. The Morgan fingerprint density at radius 1 is 0.960 bits per heavy atom. The van der Waals surface area contributed by atoms with Gasteiger partial charge in [0.2, 0.25) is 0 Å². The van der Waals surface area contributed by atoms with E-state index in [2.05, 4.69) is 32.9 Å². The summed E-state index contributed by atoms with van der Waals surface area (Å²) in [6.45, 7) is 7.15. The maximum Gasteiger partial charge on any atom is 0.337 e. The van der Waals surface area contributed by atoms with E-state index in [1.54, 1.807) is 12.1 Å². The number of methoxy groups -OCH3 is 1. The molecule has 2 aromatic rings. The maximum absolute atomic E-state index is 11.6. The lowest BCUT2D eigenvalue weighted by Gasteiger charge is -2.14. The van der Waals surface area contributed by atoms with Crippen LogP contribution in [0.25, 0.3) is 11.1 Å². The Morgan fingerprint density at radius 3 is 2.32 bits per heavy atom. The summed E-state index contributed by atoms with van der Waals surface area (Å²) in [6.07, 6.45) is 4.83. The quantitative estimate of drug-likeness (QED) is 0.455. The van der Waals surface area contributed by atoms with Crippen LogP contribution >= 0.6 is 0 Å². The van der Waals surface area contributed by atoms with Crippen molar-refractivity contribution in [1.29, 1.82) is 0 Å². The second-order valence-corrected chi connectivity index (χ2v) is 6.41. The Morgan fingerprint density at radius 2 is 1.68 bits per heavy atom. The number of hydrogen-bond acceptors (Lipinski definition) is 3. The van der Waals surface area contributed by atoms with Crippen LogP contribution in [0.2, 0.25) is 0 Å². The van der Waals surface area contributed by atoms with E-state index >= 15 is 0 Å². The summed E-state index contributed by atoms with van der Waals surface area (Å²) in [5, 5.41) is 0. The highest BCUT2D eigenvalue weighted by Crippen LogP contribution is 2.30. The van der Waals surface area contributed by atoms with Crippen LogP contribution in [0.3, 0.4) is 0 Å². The van der Waals surface area contributed by atoms with Gasteiger partial charge in [-0.2, -0.15) is 0 Å². The fourth-order valence-corrected chi connectivity index (χ4v) is 2.87. The van der Waals surface area contributed by atoms with Crippen molar-refractivity contribution in [2.75, 3.05) is 13.7 Å². The van der Waals surface area contributed by atoms with Crippen molar-refractivity contribution < 1.29 is 14.3 Å². The van der Waals surface area contributed by atoms with Crippen molar-refractivity contribution in [3.05, 3.63) is 53.1 Å². The van der Waals surface area contributed by atoms with Gasteiger partial charge in [0.1, 0.15) is 5.75 Å². The lowest BCUT2D eigenvalue weighted by atomic mass is 9.97. The van der Waals surface area contributed by atoms with Crippen LogP contribution in [-0.2, 0) is 4.74 Å². The Bertz CT molecular complexity index is 702. The van der Waals surface area contributed by atoms with Gasteiger partial charge in [-0.05, 0) is 66.8 Å². The summed E-state index contributed by atoms with van der Waals surface area (Å²) in [5.74, 6) is 0.648. The van der Waals surface area contributed by atoms with E-state index in [-0.39, 0.29) is 5.97 Å². The highest BCUT2D eigenvalue weighted by atomic mass is 16.5. The first-order valence-electron chi connectivity index (χ1n) is 8.99. The van der Waals surface area contributed by atoms with Gasteiger partial charge in [0.15, 0.2) is 0 Å². The number of carbonyl (C=O) groups excluding carboxylic acids is 1. The molecule has 0 atom stereocenters. The highest BCUT2D eigenvalue weighted by Gasteiger charge is 2.10. The molecule has 0 aliphatic carbocycles. The van der Waals surface area contributed by atoms with Crippen molar-refractivity contribution in [3.63, 3.8) is 0 Å². The van der Waals surface area contributed by atoms with Crippen molar-refractivity contribution in [1.82, 2.24) is 0 Å². The predicted octanol–water partition coefficient (Wildman–Crippen LogP) is 5.72. The molecule has 0 bridgehead atoms. The van der Waals surface area contributed by atoms with E-state index in [9.17, 15) is 4.79 Å². The van der Waals surface area contributed by atoms with Crippen molar-refractivity contribution in [2.45, 2.75) is 46.5 Å². The topological polar surface area (TPSA) is 35.5 Å². The van der Waals surface area contributed by atoms with Crippen LogP contribution in [0.5, 0.6) is 5.75 Å². The van der Waals surface area contributed by atoms with E-state index in [4.69, 9.17) is 9.47 Å². The van der Waals surface area contributed by atoms with Gasteiger partial charge < -0.3 is 9.47 Å². The third-order valence-electron chi connectivity index (χ3n) is 4.39. The molecule has 0 aliphatic heterocycles. The minimum absolute atomic E-state index is 0.314. The van der Waals surface area contributed by atoms with E-state index in [1.165, 1.54) is 31.9 Å². The molecule has 3 heteroatoms. The molecule has 2 rings (SSSR count). The molecule has 0 amide bonds. The van der Waals surface area contributed by atoms with Crippen LogP contribution < -0.4 is 4.74 Å². The average molecular weight is 340 g/mol. The van der Waals surface area contributed by atoms with Gasteiger partial charge in [-0.25, -0.2) is 4.79 Å². The Labute approximate surface area is 151 Å². The summed E-state index contributed by atoms with van der Waals surface area (Å²) in [4.78, 5) is 11.6. The third-order valence-corrected chi connectivity index (χ3v) is 4.39. The highest BCUT2D eigenvalue weighted by molar-refractivity contribution is 5.90. The molecule has 25 heavy (non-hydrogen) atoms. The molecular formula is C22H28O3. The second-order valence-electron chi connectivity index (χ2n) is 6.41. The summed E-state index contributed by atoms with van der Waals surface area (Å²) in [7, 11) is 1.39. The molecule has 0 N–H and O–H groups in total. The first kappa shape index (κ1) is 19.0. The largest absolute Gasteiger partial charge is 0.493 e. The van der Waals surface area contributed by atoms with Gasteiger partial charge in [0.05, 0.1) is 19.3 Å². The predicted molar refractivity (Wildman–Crippen MR) is 102 cm³/mol. The van der Waals surface area contributed by atoms with Crippen molar-refractivity contribution >= 4 is 5.97 Å². The molecule has 0 unspecified atom stereocenters. The van der Waals surface area contributed by atoms with E-state index in [0.29, 0.717) is 5.56 Å². The summed E-state index contributed by atoms with van der Waals surface area (Å²) in [5.41, 5.74) is 5.11. The molecule has 0 heterocycles. The number of unbranched alkanes of at least 4 members (excludes halogenated alkanes) is 3. The number of ether oxygens (including phenoxy) is 2. The lowest BCUT2D eigenvalue weighted by Crippen LogP contribution is -2.01. The Kier molecular flexibility index (Phi) is 7.05. The number of esters is 1. The third kappa shape index (κ3) is 5.09. The Balaban J connectivity index is 2.12. The first-order valence-corrected chi connectivity index (χ1v) is 8.99. The summed E-state index contributed by atoms with van der Waals surface area (Å²) >= 11 is 0. The van der Waals surface area contributed by atoms with E-state index in [0.717, 1.165) is 35.5 Å². The van der Waals surface area contributed by atoms with E-state index < -0.39 is 0 Å².